The van der Waals surface area contributed by atoms with E-state index in [1.54, 1.807) is 0 Å². The number of likely N-dealkylation sites (N-methyl/N-ethyl adjacent to an activating group) is 1. The van der Waals surface area contributed by atoms with Crippen LogP contribution in [0.4, 0.5) is 5.69 Å². The van der Waals surface area contributed by atoms with E-state index < -0.39 is 0 Å². The molecule has 0 radical (unpaired) electrons. The molecule has 6 rings (SSSR count). The van der Waals surface area contributed by atoms with E-state index in [0.717, 1.165) is 12.5 Å². The fourth-order valence-corrected chi connectivity index (χ4v) is 5.91. The summed E-state index contributed by atoms with van der Waals surface area (Å²) >= 11 is 0. The fourth-order valence-electron chi connectivity index (χ4n) is 5.91. The summed E-state index contributed by atoms with van der Waals surface area (Å²) in [5, 5.41) is 0. The quantitative estimate of drug-likeness (QED) is 0.570. The van der Waals surface area contributed by atoms with E-state index in [9.17, 15) is 0 Å². The van der Waals surface area contributed by atoms with Crippen molar-refractivity contribution < 1.29 is 0 Å². The van der Waals surface area contributed by atoms with Gasteiger partial charge in [0, 0.05) is 42.6 Å². The maximum Gasteiger partial charge on any atom is 0.0483 e. The number of aromatic nitrogens is 1. The molecule has 0 aliphatic carbocycles. The number of pyridine rings is 1. The number of hydrogen-bond acceptors (Lipinski definition) is 3. The minimum atomic E-state index is 0.372. The molecule has 3 aromatic rings. The molecule has 3 saturated heterocycles. The molecular formula is C27H31N3. The van der Waals surface area contributed by atoms with Gasteiger partial charge in [0.1, 0.15) is 0 Å². The first kappa shape index (κ1) is 19.3. The number of benzene rings is 2. The maximum atomic E-state index is 4.27. The molecule has 3 heteroatoms. The van der Waals surface area contributed by atoms with E-state index in [4.69, 9.17) is 0 Å². The molecule has 154 valence electrons. The van der Waals surface area contributed by atoms with Crippen LogP contribution in [0, 0.1) is 5.92 Å². The van der Waals surface area contributed by atoms with Crippen molar-refractivity contribution in [1.29, 1.82) is 0 Å². The second-order valence-electron chi connectivity index (χ2n) is 8.65. The second kappa shape index (κ2) is 8.61. The predicted octanol–water partition coefficient (Wildman–Crippen LogP) is 5.20. The first-order chi connectivity index (χ1) is 14.9. The van der Waals surface area contributed by atoms with Gasteiger partial charge in [-0.3, -0.25) is 9.88 Å². The van der Waals surface area contributed by atoms with Crippen LogP contribution in [0.2, 0.25) is 0 Å². The molecule has 0 unspecified atom stereocenters. The number of piperidine rings is 3. The topological polar surface area (TPSA) is 19.4 Å². The lowest BCUT2D eigenvalue weighted by Crippen LogP contribution is -2.65. The van der Waals surface area contributed by atoms with Crippen molar-refractivity contribution in [2.24, 2.45) is 5.92 Å². The minimum Gasteiger partial charge on any atom is -0.367 e. The minimum absolute atomic E-state index is 0.372. The van der Waals surface area contributed by atoms with Crippen LogP contribution >= 0.6 is 0 Å². The third kappa shape index (κ3) is 3.52. The SMILES string of the molecule is CCN(c1ccncc1)[C@@H]1C2CCN(CC2)[C@@H]1C(c1ccccc1)c1ccccc1. The van der Waals surface area contributed by atoms with E-state index in [2.05, 4.69) is 94.5 Å². The van der Waals surface area contributed by atoms with Crippen molar-refractivity contribution in [3.8, 4) is 0 Å². The summed E-state index contributed by atoms with van der Waals surface area (Å²) in [5.74, 6) is 1.11. The fraction of sp³-hybridized carbons (Fsp3) is 0.370. The van der Waals surface area contributed by atoms with Crippen LogP contribution in [-0.2, 0) is 0 Å². The maximum absolute atomic E-state index is 4.27. The van der Waals surface area contributed by atoms with Gasteiger partial charge >= 0.3 is 0 Å². The molecule has 2 bridgehead atoms. The van der Waals surface area contributed by atoms with Crippen molar-refractivity contribution in [3.05, 3.63) is 96.3 Å². The zero-order valence-corrected chi connectivity index (χ0v) is 17.8. The highest BCUT2D eigenvalue weighted by atomic mass is 15.3. The molecule has 3 aliphatic rings. The lowest BCUT2D eigenvalue weighted by Gasteiger charge is -2.57. The van der Waals surface area contributed by atoms with Gasteiger partial charge in [0.15, 0.2) is 0 Å². The van der Waals surface area contributed by atoms with E-state index >= 15 is 0 Å². The van der Waals surface area contributed by atoms with Gasteiger partial charge in [0.2, 0.25) is 0 Å². The third-order valence-electron chi connectivity index (χ3n) is 7.18. The molecule has 3 aliphatic heterocycles. The largest absolute Gasteiger partial charge is 0.367 e. The van der Waals surface area contributed by atoms with Crippen molar-refractivity contribution in [2.75, 3.05) is 24.5 Å². The molecule has 3 fully saturated rings. The molecule has 2 aromatic carbocycles. The van der Waals surface area contributed by atoms with E-state index in [-0.39, 0.29) is 0 Å². The highest BCUT2D eigenvalue weighted by molar-refractivity contribution is 5.48. The molecule has 4 heterocycles. The van der Waals surface area contributed by atoms with Gasteiger partial charge in [0.05, 0.1) is 0 Å². The number of anilines is 1. The highest BCUT2D eigenvalue weighted by Crippen LogP contribution is 2.44. The normalized spacial score (nSPS) is 25.4. The Morgan fingerprint density at radius 2 is 1.43 bits per heavy atom. The average molecular weight is 398 g/mol. The molecule has 2 atom stereocenters. The monoisotopic (exact) mass is 397 g/mol. The molecule has 0 spiro atoms. The lowest BCUT2D eigenvalue weighted by atomic mass is 9.70. The van der Waals surface area contributed by atoms with Gasteiger partial charge in [-0.2, -0.15) is 0 Å². The number of nitrogens with zero attached hydrogens (tertiary/aromatic N) is 3. The van der Waals surface area contributed by atoms with Gasteiger partial charge in [-0.25, -0.2) is 0 Å². The van der Waals surface area contributed by atoms with Gasteiger partial charge < -0.3 is 4.90 Å². The van der Waals surface area contributed by atoms with Crippen molar-refractivity contribution in [1.82, 2.24) is 9.88 Å². The Morgan fingerprint density at radius 1 is 0.867 bits per heavy atom. The third-order valence-corrected chi connectivity index (χ3v) is 7.18. The Hall–Kier alpha value is -2.65. The summed E-state index contributed by atoms with van der Waals surface area (Å²) in [4.78, 5) is 9.70. The van der Waals surface area contributed by atoms with Gasteiger partial charge in [-0.15, -0.1) is 0 Å². The van der Waals surface area contributed by atoms with Crippen molar-refractivity contribution in [3.63, 3.8) is 0 Å². The van der Waals surface area contributed by atoms with Crippen molar-refractivity contribution in [2.45, 2.75) is 37.8 Å². The second-order valence-corrected chi connectivity index (χ2v) is 8.65. The summed E-state index contributed by atoms with van der Waals surface area (Å²) in [7, 11) is 0. The van der Waals surface area contributed by atoms with Crippen molar-refractivity contribution >= 4 is 5.69 Å². The van der Waals surface area contributed by atoms with Gasteiger partial charge in [-0.1, -0.05) is 60.7 Å². The molecule has 30 heavy (non-hydrogen) atoms. The number of hydrogen-bond donors (Lipinski definition) is 0. The predicted molar refractivity (Wildman–Crippen MR) is 124 cm³/mol. The van der Waals surface area contributed by atoms with E-state index in [1.165, 1.54) is 42.7 Å². The molecule has 3 nitrogen and oxygen atoms in total. The van der Waals surface area contributed by atoms with Crippen LogP contribution in [0.15, 0.2) is 85.2 Å². The van der Waals surface area contributed by atoms with E-state index in [0.29, 0.717) is 18.0 Å². The zero-order valence-electron chi connectivity index (χ0n) is 17.8. The van der Waals surface area contributed by atoms with Crippen LogP contribution in [-0.4, -0.2) is 41.6 Å². The number of rotatable bonds is 6. The summed E-state index contributed by atoms with van der Waals surface area (Å²) < 4.78 is 0. The Morgan fingerprint density at radius 3 is 1.97 bits per heavy atom. The lowest BCUT2D eigenvalue weighted by molar-refractivity contribution is 0.0171. The average Bonchev–Trinajstić information content (AvgIpc) is 2.83. The highest BCUT2D eigenvalue weighted by Gasteiger charge is 2.48. The first-order valence-electron chi connectivity index (χ1n) is 11.4. The summed E-state index contributed by atoms with van der Waals surface area (Å²) in [5.41, 5.74) is 4.16. The molecule has 0 amide bonds. The molecular weight excluding hydrogens is 366 g/mol. The van der Waals surface area contributed by atoms with E-state index in [1.807, 2.05) is 12.4 Å². The Bertz CT molecular complexity index is 881. The zero-order chi connectivity index (χ0) is 20.3. The van der Waals surface area contributed by atoms with Crippen LogP contribution in [0.25, 0.3) is 0 Å². The van der Waals surface area contributed by atoms with Crippen LogP contribution in [0.3, 0.4) is 0 Å². The first-order valence-corrected chi connectivity index (χ1v) is 11.4. The molecule has 0 saturated carbocycles. The standard InChI is InChI=1S/C27H31N3/c1-2-30(24-13-17-28-18-14-24)26-23-15-19-29(20-16-23)27(26)25(21-9-5-3-6-10-21)22-11-7-4-8-12-22/h3-14,17-18,23,25-27H,2,15-16,19-20H2,1H3/t26-,27-/m1/s1. The molecule has 0 N–H and O–H groups in total. The van der Waals surface area contributed by atoms with Gasteiger partial charge in [-0.05, 0) is 62.0 Å². The van der Waals surface area contributed by atoms with Gasteiger partial charge in [0.25, 0.3) is 0 Å². The molecule has 1 aromatic heterocycles. The Kier molecular flexibility index (Phi) is 5.54. The smallest absolute Gasteiger partial charge is 0.0483 e. The summed E-state index contributed by atoms with van der Waals surface area (Å²) in [6, 6.07) is 27.6. The summed E-state index contributed by atoms with van der Waals surface area (Å²) in [6.07, 6.45) is 6.47. The number of fused-ring (bicyclic) bond motifs is 3. The van der Waals surface area contributed by atoms with Crippen LogP contribution in [0.1, 0.15) is 36.8 Å². The van der Waals surface area contributed by atoms with Crippen LogP contribution < -0.4 is 4.90 Å². The Balaban J connectivity index is 1.62. The van der Waals surface area contributed by atoms with Crippen LogP contribution in [0.5, 0.6) is 0 Å². The Labute approximate surface area is 180 Å². The summed E-state index contributed by atoms with van der Waals surface area (Å²) in [6.45, 7) is 5.76.